The Bertz CT molecular complexity index is 1670. The van der Waals surface area contributed by atoms with Crippen molar-refractivity contribution in [3.05, 3.63) is 50.8 Å². The Balaban J connectivity index is 1.09. The summed E-state index contributed by atoms with van der Waals surface area (Å²) in [4.78, 5) is 0. The van der Waals surface area contributed by atoms with Gasteiger partial charge in [0.05, 0.1) is 104 Å². The molecule has 0 fully saturated rings. The third-order valence-electron chi connectivity index (χ3n) is 14.0. The van der Waals surface area contributed by atoms with E-state index in [-0.39, 0.29) is 0 Å². The van der Waals surface area contributed by atoms with Crippen LogP contribution < -0.4 is 0 Å². The third-order valence-corrected chi connectivity index (χ3v) is 37.3. The van der Waals surface area contributed by atoms with Crippen LogP contribution in [-0.2, 0) is 18.9 Å². The van der Waals surface area contributed by atoms with Crippen molar-refractivity contribution < 1.29 is 18.9 Å². The van der Waals surface area contributed by atoms with Gasteiger partial charge in [0.15, 0.2) is 0 Å². The van der Waals surface area contributed by atoms with E-state index in [0.717, 1.165) is 49.4 Å². The zero-order valence-electron chi connectivity index (χ0n) is 52.1. The zero-order chi connectivity index (χ0) is 59.0. The van der Waals surface area contributed by atoms with E-state index in [1.165, 1.54) is 262 Å². The normalized spacial score (nSPS) is 19.0. The first-order valence-corrected chi connectivity index (χ1v) is 47.3. The Morgan fingerprint density at radius 3 is 0.631 bits per heavy atom. The molecular weight excluding hydrogens is 1350 g/mol. The molecule has 484 valence electrons. The summed E-state index contributed by atoms with van der Waals surface area (Å²) in [5, 5.41) is 0. The molecule has 0 N–H and O–H groups in total. The summed E-state index contributed by atoms with van der Waals surface area (Å²) in [6.07, 6.45) is 44.2. The standard InChI is InChI=1S/C64H108O4S16/c1-5-9-13-17-21-25-29-33-45-69-53-54(70-46-34-30-26-22-18-14-10-6-2)78-61(77-53)63-81-57-58(82-63)74-50-42-66-38-40-68-44-52-76-60-59(75-51-43-67-39-37-65-41-49-73-57)83-64(84-60)62-79-55(71-47-35-31-27-23-19-15-11-7-3)56(80-62)72-48-36-32-28-24-20-16-12-8-4/h5-52H2,1-4H3. The molecule has 5 aliphatic heterocycles. The molecule has 0 radical (unpaired) electrons. The van der Waals surface area contributed by atoms with E-state index >= 15 is 0 Å². The number of rotatable bonds is 40. The van der Waals surface area contributed by atoms with Gasteiger partial charge in [-0.1, -0.05) is 302 Å². The van der Waals surface area contributed by atoms with Crippen LogP contribution >= 0.6 is 188 Å². The molecule has 0 aromatic carbocycles. The van der Waals surface area contributed by atoms with E-state index in [4.69, 9.17) is 18.9 Å². The molecule has 4 nitrogen and oxygen atoms in total. The highest BCUT2D eigenvalue weighted by Crippen LogP contribution is 2.68. The molecular formula is C64H108O4S16. The Labute approximate surface area is 583 Å². The predicted octanol–water partition coefficient (Wildman–Crippen LogP) is 27.2. The van der Waals surface area contributed by atoms with Crippen LogP contribution in [0.15, 0.2) is 50.8 Å². The summed E-state index contributed by atoms with van der Waals surface area (Å²) in [6.45, 7) is 14.8. The fourth-order valence-electron chi connectivity index (χ4n) is 9.15. The van der Waals surface area contributed by atoms with Crippen molar-refractivity contribution in [1.82, 2.24) is 0 Å². The smallest absolute Gasteiger partial charge is 0.0717 e. The molecule has 0 amide bonds. The van der Waals surface area contributed by atoms with Crippen LogP contribution in [0.25, 0.3) is 0 Å². The molecule has 0 spiro atoms. The number of thioether (sulfide) groups is 16. The molecule has 20 heteroatoms. The van der Waals surface area contributed by atoms with Gasteiger partial charge < -0.3 is 18.9 Å². The average Bonchev–Trinajstić information content (AvgIpc) is 3.34. The quantitative estimate of drug-likeness (QED) is 0.0546. The van der Waals surface area contributed by atoms with Gasteiger partial charge in [0.25, 0.3) is 0 Å². The second-order valence-electron chi connectivity index (χ2n) is 21.4. The average molecular weight is 1450 g/mol. The Morgan fingerprint density at radius 2 is 0.417 bits per heavy atom. The number of hydrogen-bond donors (Lipinski definition) is 0. The van der Waals surface area contributed by atoms with E-state index in [9.17, 15) is 0 Å². The van der Waals surface area contributed by atoms with Crippen LogP contribution in [0.3, 0.4) is 0 Å². The van der Waals surface area contributed by atoms with Gasteiger partial charge in [-0.2, -0.15) is 0 Å². The number of unbranched alkanes of at least 4 members (excludes halogenated alkanes) is 28. The van der Waals surface area contributed by atoms with E-state index in [1.54, 1.807) is 16.9 Å². The van der Waals surface area contributed by atoms with Gasteiger partial charge in [-0.3, -0.25) is 0 Å². The van der Waals surface area contributed by atoms with Crippen molar-refractivity contribution in [2.45, 2.75) is 233 Å². The van der Waals surface area contributed by atoms with Crippen LogP contribution in [0.4, 0.5) is 0 Å². The summed E-state index contributed by atoms with van der Waals surface area (Å²) in [6, 6.07) is 0. The fourth-order valence-corrected chi connectivity index (χ4v) is 33.1. The van der Waals surface area contributed by atoms with Crippen molar-refractivity contribution in [3.63, 3.8) is 0 Å². The minimum Gasteiger partial charge on any atom is -0.378 e. The molecule has 0 unspecified atom stereocenters. The van der Waals surface area contributed by atoms with Gasteiger partial charge in [-0.05, 0) is 48.7 Å². The van der Waals surface area contributed by atoms with Crippen LogP contribution in [0.5, 0.6) is 0 Å². The summed E-state index contributed by atoms with van der Waals surface area (Å²) in [5.41, 5.74) is 0. The molecule has 5 heterocycles. The van der Waals surface area contributed by atoms with Crippen molar-refractivity contribution in [2.75, 3.05) is 98.9 Å². The lowest BCUT2D eigenvalue weighted by Crippen LogP contribution is -2.08. The largest absolute Gasteiger partial charge is 0.378 e. The van der Waals surface area contributed by atoms with Crippen LogP contribution in [-0.4, -0.2) is 98.9 Å². The van der Waals surface area contributed by atoms with E-state index < -0.39 is 0 Å². The molecule has 0 atom stereocenters. The molecule has 0 aromatic rings. The highest BCUT2D eigenvalue weighted by Gasteiger charge is 2.33. The maximum Gasteiger partial charge on any atom is 0.0717 e. The summed E-state index contributed by atoms with van der Waals surface area (Å²) < 4.78 is 42.8. The number of hydrogen-bond acceptors (Lipinski definition) is 20. The molecule has 5 rings (SSSR count). The Hall–Kier alpha value is 3.88. The molecule has 0 aliphatic carbocycles. The van der Waals surface area contributed by atoms with Gasteiger partial charge in [-0.15, -0.1) is 94.1 Å². The van der Waals surface area contributed by atoms with Crippen molar-refractivity contribution in [2.24, 2.45) is 0 Å². The highest BCUT2D eigenvalue weighted by molar-refractivity contribution is 8.46. The lowest BCUT2D eigenvalue weighted by molar-refractivity contribution is 0.0605. The predicted molar refractivity (Wildman–Crippen MR) is 416 cm³/mol. The second kappa shape index (κ2) is 55.1. The summed E-state index contributed by atoms with van der Waals surface area (Å²) >= 11 is 32.8. The zero-order valence-corrected chi connectivity index (χ0v) is 65.2. The van der Waals surface area contributed by atoms with Crippen LogP contribution in [0, 0.1) is 0 Å². The SMILES string of the molecule is CCCCCCCCCCSC1=C(SCCCCCCCCCC)SC(=C2SC3=C(SCCOCCOCCSC4=C(SCCOCCOCCS3)SC(=C3SC(SCCCCCCCCCC)=C(SCCCCCCCCCC)S3)S4)S2)S1. The first kappa shape index (κ1) is 78.6. The van der Waals surface area contributed by atoms with Crippen molar-refractivity contribution in [1.29, 1.82) is 0 Å². The monoisotopic (exact) mass is 1450 g/mol. The van der Waals surface area contributed by atoms with Gasteiger partial charge in [-0.25, -0.2) is 0 Å². The van der Waals surface area contributed by atoms with Gasteiger partial charge in [0, 0.05) is 23.0 Å². The van der Waals surface area contributed by atoms with Gasteiger partial charge >= 0.3 is 0 Å². The molecule has 5 aliphatic rings. The molecule has 0 saturated carbocycles. The third kappa shape index (κ3) is 36.7. The maximum atomic E-state index is 6.22. The topological polar surface area (TPSA) is 36.9 Å². The summed E-state index contributed by atoms with van der Waals surface area (Å²) in [5.74, 6) is 8.75. The fraction of sp³-hybridized carbons (Fsp3) is 0.812. The lowest BCUT2D eigenvalue weighted by atomic mass is 10.1. The van der Waals surface area contributed by atoms with Crippen molar-refractivity contribution >= 4 is 188 Å². The minimum absolute atomic E-state index is 0.642. The Kier molecular flexibility index (Phi) is 51.5. The second-order valence-corrected chi connectivity index (χ2v) is 41.5. The van der Waals surface area contributed by atoms with Gasteiger partial charge in [0.1, 0.15) is 0 Å². The van der Waals surface area contributed by atoms with Crippen LogP contribution in [0.2, 0.25) is 0 Å². The Morgan fingerprint density at radius 1 is 0.226 bits per heavy atom. The lowest BCUT2D eigenvalue weighted by Gasteiger charge is -2.09. The first-order chi connectivity index (χ1) is 41.6. The molecule has 84 heavy (non-hydrogen) atoms. The van der Waals surface area contributed by atoms with E-state index in [1.807, 2.05) is 94.1 Å². The summed E-state index contributed by atoms with van der Waals surface area (Å²) in [7, 11) is 0. The van der Waals surface area contributed by atoms with E-state index in [0.29, 0.717) is 26.4 Å². The molecule has 0 bridgehead atoms. The first-order valence-electron chi connectivity index (χ1n) is 32.8. The highest BCUT2D eigenvalue weighted by atomic mass is 32.3. The molecule has 0 aromatic heterocycles. The van der Waals surface area contributed by atoms with Gasteiger partial charge in [0.2, 0.25) is 0 Å². The van der Waals surface area contributed by atoms with Crippen molar-refractivity contribution in [3.8, 4) is 0 Å². The van der Waals surface area contributed by atoms with E-state index in [2.05, 4.69) is 122 Å². The maximum absolute atomic E-state index is 6.22. The number of ether oxygens (including phenoxy) is 4. The minimum atomic E-state index is 0.642. The molecule has 0 saturated heterocycles. The van der Waals surface area contributed by atoms with Crippen LogP contribution in [0.1, 0.15) is 233 Å².